The van der Waals surface area contributed by atoms with E-state index in [0.29, 0.717) is 0 Å². The van der Waals surface area contributed by atoms with Crippen molar-refractivity contribution in [2.45, 2.75) is 5.41 Å². The number of hydrogen-bond acceptors (Lipinski definition) is 2. The summed E-state index contributed by atoms with van der Waals surface area (Å²) < 4.78 is 6.35. The highest BCUT2D eigenvalue weighted by Crippen LogP contribution is 2.57. The lowest BCUT2D eigenvalue weighted by atomic mass is 9.66. The van der Waals surface area contributed by atoms with Crippen molar-refractivity contribution in [2.24, 2.45) is 0 Å². The second-order valence-electron chi connectivity index (χ2n) is 12.9. The lowest BCUT2D eigenvalue weighted by molar-refractivity contribution is 0.669. The van der Waals surface area contributed by atoms with Crippen molar-refractivity contribution < 1.29 is 4.42 Å². The molecule has 1 N–H and O–H groups in total. The van der Waals surface area contributed by atoms with E-state index in [4.69, 9.17) is 4.42 Å². The van der Waals surface area contributed by atoms with Gasteiger partial charge in [-0.05, 0) is 86.3 Å². The summed E-state index contributed by atoms with van der Waals surface area (Å²) >= 11 is 0. The molecule has 230 valence electrons. The quantitative estimate of drug-likeness (QED) is 0.206. The predicted molar refractivity (Wildman–Crippen MR) is 204 cm³/mol. The largest absolute Gasteiger partial charge is 0.456 e. The second-order valence-corrected chi connectivity index (χ2v) is 12.9. The Morgan fingerprint density at radius 2 is 1.04 bits per heavy atom. The van der Waals surface area contributed by atoms with Crippen LogP contribution in [-0.2, 0) is 5.41 Å². The van der Waals surface area contributed by atoms with E-state index in [1.807, 2.05) is 6.07 Å². The molecule has 2 nitrogen and oxygen atoms in total. The summed E-state index contributed by atoms with van der Waals surface area (Å²) in [6.07, 6.45) is 0. The number of nitrogens with one attached hydrogen (secondary N) is 1. The highest BCUT2D eigenvalue weighted by Gasteiger charge is 2.46. The highest BCUT2D eigenvalue weighted by molar-refractivity contribution is 6.08. The third-order valence-corrected chi connectivity index (χ3v) is 10.3. The minimum absolute atomic E-state index is 0.459. The molecule has 10 rings (SSSR count). The fourth-order valence-corrected chi connectivity index (χ4v) is 8.24. The molecule has 2 heteroatoms. The highest BCUT2D eigenvalue weighted by atomic mass is 16.3. The third-order valence-electron chi connectivity index (χ3n) is 10.3. The smallest absolute Gasteiger partial charge is 0.136 e. The van der Waals surface area contributed by atoms with Crippen LogP contribution in [0.3, 0.4) is 0 Å². The van der Waals surface area contributed by atoms with Gasteiger partial charge in [-0.25, -0.2) is 0 Å². The molecule has 49 heavy (non-hydrogen) atoms. The average Bonchev–Trinajstić information content (AvgIpc) is 3.69. The minimum atomic E-state index is -0.459. The maximum Gasteiger partial charge on any atom is 0.136 e. The Kier molecular flexibility index (Phi) is 6.13. The van der Waals surface area contributed by atoms with Crippen LogP contribution in [0.4, 0.5) is 11.4 Å². The van der Waals surface area contributed by atoms with Gasteiger partial charge >= 0.3 is 0 Å². The molecule has 0 atom stereocenters. The topological polar surface area (TPSA) is 25.2 Å². The van der Waals surface area contributed by atoms with Gasteiger partial charge in [-0.15, -0.1) is 0 Å². The van der Waals surface area contributed by atoms with E-state index in [1.54, 1.807) is 0 Å². The molecule has 0 aliphatic heterocycles. The summed E-state index contributed by atoms with van der Waals surface area (Å²) in [6, 6.07) is 65.6. The first-order chi connectivity index (χ1) is 24.3. The number of rotatable bonds is 5. The van der Waals surface area contributed by atoms with Crippen LogP contribution in [-0.4, -0.2) is 0 Å². The van der Waals surface area contributed by atoms with Gasteiger partial charge in [0.25, 0.3) is 0 Å². The molecule has 0 unspecified atom stereocenters. The zero-order valence-corrected chi connectivity index (χ0v) is 26.7. The average molecular weight is 626 g/mol. The molecule has 0 fully saturated rings. The minimum Gasteiger partial charge on any atom is -0.456 e. The van der Waals surface area contributed by atoms with E-state index in [2.05, 4.69) is 181 Å². The second kappa shape index (κ2) is 10.8. The Balaban J connectivity index is 1.12. The van der Waals surface area contributed by atoms with Crippen molar-refractivity contribution in [3.05, 3.63) is 204 Å². The molecule has 1 aliphatic rings. The maximum absolute atomic E-state index is 6.35. The summed E-state index contributed by atoms with van der Waals surface area (Å²) in [4.78, 5) is 0. The van der Waals surface area contributed by atoms with Gasteiger partial charge in [0.1, 0.15) is 11.2 Å². The molecular formula is C47H31NO. The Hall–Kier alpha value is -6.38. The van der Waals surface area contributed by atoms with Crippen LogP contribution in [0, 0.1) is 0 Å². The van der Waals surface area contributed by atoms with E-state index >= 15 is 0 Å². The summed E-state index contributed by atoms with van der Waals surface area (Å²) in [5.41, 5.74) is 13.5. The van der Waals surface area contributed by atoms with Gasteiger partial charge in [-0.3, -0.25) is 0 Å². The fourth-order valence-electron chi connectivity index (χ4n) is 8.24. The third kappa shape index (κ3) is 4.14. The summed E-state index contributed by atoms with van der Waals surface area (Å²) in [6.45, 7) is 0. The molecule has 1 aliphatic carbocycles. The lowest BCUT2D eigenvalue weighted by Gasteiger charge is -2.35. The lowest BCUT2D eigenvalue weighted by Crippen LogP contribution is -2.29. The van der Waals surface area contributed by atoms with Crippen molar-refractivity contribution in [2.75, 3.05) is 5.32 Å². The molecule has 0 spiro atoms. The van der Waals surface area contributed by atoms with Crippen molar-refractivity contribution in [1.29, 1.82) is 0 Å². The van der Waals surface area contributed by atoms with Gasteiger partial charge in [-0.1, -0.05) is 146 Å². The summed E-state index contributed by atoms with van der Waals surface area (Å²) in [5, 5.41) is 8.42. The Morgan fingerprint density at radius 1 is 0.388 bits per heavy atom. The van der Waals surface area contributed by atoms with Crippen molar-refractivity contribution >= 4 is 44.1 Å². The first kappa shape index (κ1) is 27.7. The molecule has 0 bridgehead atoms. The van der Waals surface area contributed by atoms with Crippen LogP contribution < -0.4 is 5.32 Å². The monoisotopic (exact) mass is 625 g/mol. The first-order valence-corrected chi connectivity index (χ1v) is 16.8. The van der Waals surface area contributed by atoms with Gasteiger partial charge in [0.05, 0.1) is 5.41 Å². The normalized spacial score (nSPS) is 13.1. The molecule has 0 amide bonds. The maximum atomic E-state index is 6.35. The number of hydrogen-bond donors (Lipinski definition) is 1. The van der Waals surface area contributed by atoms with E-state index < -0.39 is 5.41 Å². The van der Waals surface area contributed by atoms with Gasteiger partial charge < -0.3 is 9.73 Å². The molecular weight excluding hydrogens is 595 g/mol. The molecule has 0 saturated carbocycles. The van der Waals surface area contributed by atoms with E-state index in [1.165, 1.54) is 49.7 Å². The fraction of sp³-hybridized carbons (Fsp3) is 0.0213. The zero-order valence-electron chi connectivity index (χ0n) is 26.7. The SMILES string of the molecule is c1ccc(-c2ccc3c(c2)oc2ccc(Nc4ccc(C5(c6ccccc6)c6ccccc6-c6ccccc65)c5ccccc45)cc23)cc1. The van der Waals surface area contributed by atoms with E-state index in [9.17, 15) is 0 Å². The van der Waals surface area contributed by atoms with Gasteiger partial charge in [0.15, 0.2) is 0 Å². The molecule has 0 radical (unpaired) electrons. The number of benzene rings is 8. The first-order valence-electron chi connectivity index (χ1n) is 16.8. The van der Waals surface area contributed by atoms with E-state index in [-0.39, 0.29) is 0 Å². The van der Waals surface area contributed by atoms with Gasteiger partial charge in [-0.2, -0.15) is 0 Å². The van der Waals surface area contributed by atoms with Crippen LogP contribution >= 0.6 is 0 Å². The predicted octanol–water partition coefficient (Wildman–Crippen LogP) is 12.5. The molecule has 1 heterocycles. The Morgan fingerprint density at radius 3 is 1.80 bits per heavy atom. The number of anilines is 2. The van der Waals surface area contributed by atoms with Crippen LogP contribution in [0.2, 0.25) is 0 Å². The van der Waals surface area contributed by atoms with Gasteiger partial charge in [0.2, 0.25) is 0 Å². The Bertz CT molecular complexity index is 2640. The molecule has 1 aromatic heterocycles. The van der Waals surface area contributed by atoms with Crippen molar-refractivity contribution in [1.82, 2.24) is 0 Å². The molecule has 8 aromatic carbocycles. The summed E-state index contributed by atoms with van der Waals surface area (Å²) in [7, 11) is 0. The Labute approximate surface area is 284 Å². The number of fused-ring (bicyclic) bond motifs is 7. The standard InChI is InChI=1S/C47H31NO/c1-3-13-31(14-4-1)32-23-25-39-40-30-34(24-28-45(40)49-46(39)29-32)48-44-27-26-43(37-19-7-8-20-38(37)44)47(33-15-5-2-6-16-33)41-21-11-9-17-35(41)36-18-10-12-22-42(36)47/h1-30,48H. The van der Waals surface area contributed by atoms with Crippen molar-refractivity contribution in [3.8, 4) is 22.3 Å². The zero-order chi connectivity index (χ0) is 32.4. The van der Waals surface area contributed by atoms with Crippen molar-refractivity contribution in [3.63, 3.8) is 0 Å². The van der Waals surface area contributed by atoms with Crippen LogP contribution in [0.25, 0.3) is 55.0 Å². The molecule has 9 aromatic rings. The van der Waals surface area contributed by atoms with Crippen LogP contribution in [0.1, 0.15) is 22.3 Å². The van der Waals surface area contributed by atoms with E-state index in [0.717, 1.165) is 38.9 Å². The van der Waals surface area contributed by atoms with Gasteiger partial charge in [0, 0.05) is 27.5 Å². The molecule has 0 saturated heterocycles. The van der Waals surface area contributed by atoms with Crippen LogP contribution in [0.15, 0.2) is 186 Å². The van der Waals surface area contributed by atoms with Crippen LogP contribution in [0.5, 0.6) is 0 Å². The number of furan rings is 1. The summed E-state index contributed by atoms with van der Waals surface area (Å²) in [5.74, 6) is 0.